The highest BCUT2D eigenvalue weighted by atomic mass is 79.9. The lowest BCUT2D eigenvalue weighted by molar-refractivity contribution is -0.121. The van der Waals surface area contributed by atoms with Crippen LogP contribution in [0, 0.1) is 0 Å². The molecule has 1 N–H and O–H groups in total. The van der Waals surface area contributed by atoms with Crippen LogP contribution in [0.5, 0.6) is 0 Å². The smallest absolute Gasteiger partial charge is 0.258 e. The van der Waals surface area contributed by atoms with E-state index in [0.717, 1.165) is 36.0 Å². The van der Waals surface area contributed by atoms with Gasteiger partial charge < -0.3 is 0 Å². The first-order valence-corrected chi connectivity index (χ1v) is 7.03. The van der Waals surface area contributed by atoms with Crippen molar-refractivity contribution < 1.29 is 4.79 Å². The Labute approximate surface area is 116 Å². The van der Waals surface area contributed by atoms with E-state index in [2.05, 4.69) is 21.4 Å². The first-order valence-electron chi connectivity index (χ1n) is 6.24. The highest BCUT2D eigenvalue weighted by molar-refractivity contribution is 9.10. The minimum absolute atomic E-state index is 0.0624. The van der Waals surface area contributed by atoms with Gasteiger partial charge in [-0.25, -0.2) is 5.01 Å². The lowest BCUT2D eigenvalue weighted by Crippen LogP contribution is -2.44. The molecule has 0 saturated carbocycles. The molecule has 0 aromatic heterocycles. The standard InChI is InChI=1S/C14H17BrN2O/c15-13-7-3-2-6-12(13)8-9-14(18)16-17-10-4-1-5-11-17/h2-3,6-9H,1,4-5,10-11H2,(H,16,18)/b9-8+. The maximum absolute atomic E-state index is 11.7. The quantitative estimate of drug-likeness (QED) is 0.871. The molecule has 1 heterocycles. The second-order valence-corrected chi connectivity index (χ2v) is 5.23. The van der Waals surface area contributed by atoms with Crippen molar-refractivity contribution in [3.63, 3.8) is 0 Å². The molecule has 1 aliphatic heterocycles. The third-order valence-corrected chi connectivity index (χ3v) is 3.67. The summed E-state index contributed by atoms with van der Waals surface area (Å²) >= 11 is 3.45. The van der Waals surface area contributed by atoms with Crippen LogP contribution in [0.2, 0.25) is 0 Å². The molecule has 3 nitrogen and oxygen atoms in total. The molecule has 18 heavy (non-hydrogen) atoms. The average molecular weight is 309 g/mol. The SMILES string of the molecule is O=C(/C=C/c1ccccc1Br)NN1CCCCC1. The number of nitrogens with one attached hydrogen (secondary N) is 1. The summed E-state index contributed by atoms with van der Waals surface area (Å²) in [6.45, 7) is 1.91. The fourth-order valence-electron chi connectivity index (χ4n) is 1.97. The number of carbonyl (C=O) groups excluding carboxylic acids is 1. The number of benzene rings is 1. The molecule has 0 radical (unpaired) electrons. The van der Waals surface area contributed by atoms with Gasteiger partial charge in [-0.05, 0) is 30.5 Å². The number of hydrogen-bond donors (Lipinski definition) is 1. The van der Waals surface area contributed by atoms with Crippen molar-refractivity contribution in [2.75, 3.05) is 13.1 Å². The number of carbonyl (C=O) groups is 1. The van der Waals surface area contributed by atoms with Crippen LogP contribution in [0.15, 0.2) is 34.8 Å². The van der Waals surface area contributed by atoms with Gasteiger partial charge in [-0.3, -0.25) is 10.2 Å². The highest BCUT2D eigenvalue weighted by Crippen LogP contribution is 2.17. The van der Waals surface area contributed by atoms with Gasteiger partial charge in [-0.2, -0.15) is 0 Å². The third-order valence-electron chi connectivity index (χ3n) is 2.94. The van der Waals surface area contributed by atoms with E-state index in [9.17, 15) is 4.79 Å². The van der Waals surface area contributed by atoms with E-state index >= 15 is 0 Å². The van der Waals surface area contributed by atoms with E-state index in [1.807, 2.05) is 35.4 Å². The number of piperidine rings is 1. The summed E-state index contributed by atoms with van der Waals surface area (Å²) in [6, 6.07) is 7.83. The van der Waals surface area contributed by atoms with Crippen LogP contribution < -0.4 is 5.43 Å². The fourth-order valence-corrected chi connectivity index (χ4v) is 2.39. The van der Waals surface area contributed by atoms with Gasteiger partial charge in [0.05, 0.1) is 0 Å². The molecule has 2 rings (SSSR count). The summed E-state index contributed by atoms with van der Waals surface area (Å²) in [5.41, 5.74) is 3.91. The Kier molecular flexibility index (Phi) is 4.96. The lowest BCUT2D eigenvalue weighted by atomic mass is 10.2. The Balaban J connectivity index is 1.88. The monoisotopic (exact) mass is 308 g/mol. The van der Waals surface area contributed by atoms with Gasteiger partial charge in [0, 0.05) is 23.6 Å². The number of hydrazine groups is 1. The van der Waals surface area contributed by atoms with Crippen LogP contribution >= 0.6 is 15.9 Å². The van der Waals surface area contributed by atoms with E-state index in [-0.39, 0.29) is 5.91 Å². The van der Waals surface area contributed by atoms with Crippen molar-refractivity contribution in [1.29, 1.82) is 0 Å². The topological polar surface area (TPSA) is 32.3 Å². The Morgan fingerprint density at radius 1 is 1.22 bits per heavy atom. The van der Waals surface area contributed by atoms with Crippen LogP contribution in [0.4, 0.5) is 0 Å². The summed E-state index contributed by atoms with van der Waals surface area (Å²) < 4.78 is 0.993. The molecule has 0 atom stereocenters. The predicted molar refractivity (Wildman–Crippen MR) is 76.7 cm³/mol. The first-order chi connectivity index (χ1) is 8.75. The molecule has 0 bridgehead atoms. The van der Waals surface area contributed by atoms with Crippen LogP contribution in [-0.2, 0) is 4.79 Å². The first kappa shape index (κ1) is 13.3. The minimum atomic E-state index is -0.0624. The normalized spacial score (nSPS) is 16.9. The van der Waals surface area contributed by atoms with Crippen molar-refractivity contribution in [3.05, 3.63) is 40.4 Å². The van der Waals surface area contributed by atoms with Gasteiger partial charge in [0.15, 0.2) is 0 Å². The van der Waals surface area contributed by atoms with E-state index in [1.54, 1.807) is 6.08 Å². The third kappa shape index (κ3) is 3.96. The number of hydrogen-bond acceptors (Lipinski definition) is 2. The van der Waals surface area contributed by atoms with Gasteiger partial charge in [0.1, 0.15) is 0 Å². The molecule has 0 spiro atoms. The molecular weight excluding hydrogens is 292 g/mol. The number of rotatable bonds is 3. The Morgan fingerprint density at radius 3 is 2.67 bits per heavy atom. The van der Waals surface area contributed by atoms with E-state index < -0.39 is 0 Å². The molecule has 1 fully saturated rings. The predicted octanol–water partition coefficient (Wildman–Crippen LogP) is 2.98. The zero-order valence-corrected chi connectivity index (χ0v) is 11.8. The van der Waals surface area contributed by atoms with Crippen LogP contribution in [0.1, 0.15) is 24.8 Å². The van der Waals surface area contributed by atoms with E-state index in [1.165, 1.54) is 6.42 Å². The van der Waals surface area contributed by atoms with Gasteiger partial charge >= 0.3 is 0 Å². The highest BCUT2D eigenvalue weighted by Gasteiger charge is 2.10. The number of amides is 1. The molecule has 0 unspecified atom stereocenters. The van der Waals surface area contributed by atoms with Gasteiger partial charge in [-0.1, -0.05) is 40.5 Å². The Hall–Kier alpha value is -1.13. The maximum Gasteiger partial charge on any atom is 0.258 e. The second kappa shape index (κ2) is 6.71. The summed E-state index contributed by atoms with van der Waals surface area (Å²) in [5, 5.41) is 2.00. The van der Waals surface area contributed by atoms with Crippen LogP contribution in [-0.4, -0.2) is 24.0 Å². The number of halogens is 1. The summed E-state index contributed by atoms with van der Waals surface area (Å²) in [6.07, 6.45) is 6.99. The fraction of sp³-hybridized carbons (Fsp3) is 0.357. The molecule has 1 saturated heterocycles. The van der Waals surface area contributed by atoms with E-state index in [4.69, 9.17) is 0 Å². The molecule has 96 valence electrons. The Morgan fingerprint density at radius 2 is 1.94 bits per heavy atom. The van der Waals surface area contributed by atoms with E-state index in [0.29, 0.717) is 0 Å². The zero-order valence-electron chi connectivity index (χ0n) is 10.2. The lowest BCUT2D eigenvalue weighted by Gasteiger charge is -2.26. The second-order valence-electron chi connectivity index (χ2n) is 4.38. The molecule has 1 aromatic carbocycles. The molecule has 1 aliphatic rings. The van der Waals surface area contributed by atoms with Crippen molar-refractivity contribution >= 4 is 27.9 Å². The minimum Gasteiger partial charge on any atom is -0.285 e. The maximum atomic E-state index is 11.7. The Bertz CT molecular complexity index is 439. The zero-order chi connectivity index (χ0) is 12.8. The van der Waals surface area contributed by atoms with Gasteiger partial charge in [0.25, 0.3) is 5.91 Å². The van der Waals surface area contributed by atoms with Crippen LogP contribution in [0.3, 0.4) is 0 Å². The van der Waals surface area contributed by atoms with Gasteiger partial charge in [0.2, 0.25) is 0 Å². The number of nitrogens with zero attached hydrogens (tertiary/aromatic N) is 1. The summed E-state index contributed by atoms with van der Waals surface area (Å²) in [5.74, 6) is -0.0624. The van der Waals surface area contributed by atoms with Crippen molar-refractivity contribution in [2.24, 2.45) is 0 Å². The van der Waals surface area contributed by atoms with Gasteiger partial charge in [-0.15, -0.1) is 0 Å². The summed E-state index contributed by atoms with van der Waals surface area (Å²) in [4.78, 5) is 11.7. The van der Waals surface area contributed by atoms with Crippen molar-refractivity contribution in [3.8, 4) is 0 Å². The molecule has 1 aromatic rings. The van der Waals surface area contributed by atoms with Crippen molar-refractivity contribution in [1.82, 2.24) is 10.4 Å². The largest absolute Gasteiger partial charge is 0.285 e. The van der Waals surface area contributed by atoms with Crippen LogP contribution in [0.25, 0.3) is 6.08 Å². The molecular formula is C14H17BrN2O. The average Bonchev–Trinajstić information content (AvgIpc) is 2.39. The van der Waals surface area contributed by atoms with Crippen molar-refractivity contribution in [2.45, 2.75) is 19.3 Å². The summed E-state index contributed by atoms with van der Waals surface area (Å²) in [7, 11) is 0. The molecule has 0 aliphatic carbocycles. The molecule has 4 heteroatoms. The molecule has 1 amide bonds.